The van der Waals surface area contributed by atoms with Crippen molar-refractivity contribution < 1.29 is 19.2 Å². The SMILES string of the molecule is CCCCC(CC)CN1C(=O)c2cc(-c3ccc(-c4cccs4)s3)c3c4c(cc(-c5ccc(-c6cccs6)s5)c(c24)C1=O)C(=O)N(CC(CC)CCCC)C3=O. The third-order valence-corrected chi connectivity index (χ3v) is 15.9. The lowest BCUT2D eigenvalue weighted by molar-refractivity contribution is 0.0559. The fourth-order valence-corrected chi connectivity index (χ4v) is 12.0. The summed E-state index contributed by atoms with van der Waals surface area (Å²) < 4.78 is 0. The molecule has 8 rings (SSSR count). The summed E-state index contributed by atoms with van der Waals surface area (Å²) in [6, 6.07) is 20.1. The van der Waals surface area contributed by atoms with Crippen LogP contribution >= 0.6 is 45.3 Å². The maximum atomic E-state index is 15.0. The van der Waals surface area contributed by atoms with Gasteiger partial charge < -0.3 is 0 Å². The van der Waals surface area contributed by atoms with Gasteiger partial charge in [0.15, 0.2) is 0 Å². The number of hydrogen-bond donors (Lipinski definition) is 0. The van der Waals surface area contributed by atoms with Crippen LogP contribution in [0.1, 0.15) is 120 Å². The Morgan fingerprint density at radius 3 is 1.27 bits per heavy atom. The van der Waals surface area contributed by atoms with Gasteiger partial charge in [-0.15, -0.1) is 45.3 Å². The largest absolute Gasteiger partial charge is 0.274 e. The molecule has 2 atom stereocenters. The first kappa shape index (κ1) is 38.6. The van der Waals surface area contributed by atoms with Crippen molar-refractivity contribution in [3.63, 3.8) is 0 Å². The lowest BCUT2D eigenvalue weighted by Crippen LogP contribution is -2.46. The number of hydrogen-bond acceptors (Lipinski definition) is 8. The number of benzene rings is 2. The van der Waals surface area contributed by atoms with Crippen LogP contribution in [0.4, 0.5) is 0 Å². The van der Waals surface area contributed by atoms with E-state index in [4.69, 9.17) is 0 Å². The van der Waals surface area contributed by atoms with Gasteiger partial charge >= 0.3 is 0 Å². The van der Waals surface area contributed by atoms with Crippen molar-refractivity contribution in [1.29, 1.82) is 0 Å². The highest BCUT2D eigenvalue weighted by atomic mass is 32.1. The zero-order valence-corrected chi connectivity index (χ0v) is 35.6. The predicted octanol–water partition coefficient (Wildman–Crippen LogP) is 13.4. The van der Waals surface area contributed by atoms with E-state index < -0.39 is 0 Å². The number of nitrogens with zero attached hydrogens (tertiary/aromatic N) is 2. The molecular weight excluding hydrogens is 773 g/mol. The molecule has 0 saturated heterocycles. The molecule has 56 heavy (non-hydrogen) atoms. The number of carbonyl (C=O) groups excluding carboxylic acids is 4. The van der Waals surface area contributed by atoms with Gasteiger partial charge in [-0.3, -0.25) is 29.0 Å². The number of carbonyl (C=O) groups is 4. The van der Waals surface area contributed by atoms with Gasteiger partial charge in [0.1, 0.15) is 0 Å². The summed E-state index contributed by atoms with van der Waals surface area (Å²) in [5, 5.41) is 4.96. The molecule has 2 aliphatic heterocycles. The average Bonchev–Trinajstić information content (AvgIpc) is 4.06. The molecule has 6 heterocycles. The van der Waals surface area contributed by atoms with E-state index in [1.165, 1.54) is 9.80 Å². The van der Waals surface area contributed by atoms with Crippen molar-refractivity contribution in [2.75, 3.05) is 13.1 Å². The molecule has 0 bridgehead atoms. The van der Waals surface area contributed by atoms with E-state index >= 15 is 9.59 Å². The van der Waals surface area contributed by atoms with Gasteiger partial charge in [-0.2, -0.15) is 0 Å². The van der Waals surface area contributed by atoms with Gasteiger partial charge in [-0.05, 0) is 84.0 Å². The second-order valence-corrected chi connectivity index (χ2v) is 19.1. The number of thiophene rings is 4. The molecule has 2 aliphatic rings. The Morgan fingerprint density at radius 2 is 0.911 bits per heavy atom. The molecule has 4 amide bonds. The zero-order chi connectivity index (χ0) is 39.1. The fourth-order valence-electron chi connectivity index (χ4n) is 8.30. The first-order valence-corrected chi connectivity index (χ1v) is 23.3. The Morgan fingerprint density at radius 1 is 0.500 bits per heavy atom. The highest BCUT2D eigenvalue weighted by molar-refractivity contribution is 7.23. The Balaban J connectivity index is 1.40. The highest BCUT2D eigenvalue weighted by Crippen LogP contribution is 2.49. The van der Waals surface area contributed by atoms with Crippen molar-refractivity contribution in [2.24, 2.45) is 11.8 Å². The molecule has 6 aromatic rings. The highest BCUT2D eigenvalue weighted by Gasteiger charge is 2.44. The summed E-state index contributed by atoms with van der Waals surface area (Å²) in [5.41, 5.74) is 2.86. The summed E-state index contributed by atoms with van der Waals surface area (Å²) in [5.74, 6) is -1.10. The molecule has 0 N–H and O–H groups in total. The molecular formula is C46H46N2O4S4. The normalized spacial score (nSPS) is 15.1. The third kappa shape index (κ3) is 6.82. The molecule has 2 unspecified atom stereocenters. The molecule has 0 aliphatic carbocycles. The number of unbranched alkanes of at least 4 members (excludes halogenated alkanes) is 2. The maximum absolute atomic E-state index is 15.0. The van der Waals surface area contributed by atoms with Crippen LogP contribution in [0.3, 0.4) is 0 Å². The fraction of sp³-hybridized carbons (Fsp3) is 0.348. The quantitative estimate of drug-likeness (QED) is 0.0912. The van der Waals surface area contributed by atoms with Crippen molar-refractivity contribution >= 4 is 79.7 Å². The molecule has 2 aromatic carbocycles. The minimum absolute atomic E-state index is 0.161. The first-order chi connectivity index (χ1) is 27.3. The molecule has 4 aromatic heterocycles. The standard InChI is InChI=1S/C46H46N2O4S4/c1-5-9-13-27(7-3)25-47-43(49)31-23-30(34-18-20-38(56-34)36-16-12-22-54-36)42-40-32(44(50)48(46(42)52)26-28(8-4)14-10-6-2)24-29(41(39(31)40)45(47)51)33-17-19-37(55-33)35-15-11-21-53-35/h11-12,15-24,27-28H,5-10,13-14,25-26H2,1-4H3. The molecule has 0 saturated carbocycles. The van der Waals surface area contributed by atoms with Crippen LogP contribution in [0.25, 0.3) is 51.2 Å². The van der Waals surface area contributed by atoms with Crippen LogP contribution in [-0.2, 0) is 0 Å². The van der Waals surface area contributed by atoms with E-state index in [0.29, 0.717) is 57.2 Å². The molecule has 0 fully saturated rings. The van der Waals surface area contributed by atoms with Crippen molar-refractivity contribution in [3.05, 3.63) is 93.7 Å². The number of imide groups is 2. The Bertz CT molecular complexity index is 2270. The third-order valence-electron chi connectivity index (χ3n) is 11.5. The van der Waals surface area contributed by atoms with Crippen molar-refractivity contribution in [3.8, 4) is 40.4 Å². The summed E-state index contributed by atoms with van der Waals surface area (Å²) in [6.45, 7) is 9.20. The lowest BCUT2D eigenvalue weighted by atomic mass is 9.80. The van der Waals surface area contributed by atoms with E-state index in [2.05, 4.69) is 52.0 Å². The number of amides is 4. The summed E-state index contributed by atoms with van der Waals surface area (Å²) in [4.78, 5) is 68.8. The van der Waals surface area contributed by atoms with Gasteiger partial charge in [0.25, 0.3) is 23.6 Å². The summed E-state index contributed by atoms with van der Waals surface area (Å²) >= 11 is 6.47. The smallest absolute Gasteiger partial charge is 0.262 e. The Kier molecular flexibility index (Phi) is 11.3. The summed E-state index contributed by atoms with van der Waals surface area (Å²) in [6.07, 6.45) is 7.66. The molecule has 288 valence electrons. The number of rotatable bonds is 16. The molecule has 10 heteroatoms. The topological polar surface area (TPSA) is 74.8 Å². The molecule has 0 radical (unpaired) electrons. The van der Waals surface area contributed by atoms with E-state index in [-0.39, 0.29) is 35.5 Å². The Labute approximate surface area is 344 Å². The van der Waals surface area contributed by atoms with Gasteiger partial charge in [0, 0.05) is 75.4 Å². The predicted molar refractivity (Wildman–Crippen MR) is 235 cm³/mol. The van der Waals surface area contributed by atoms with Crippen molar-refractivity contribution in [1.82, 2.24) is 9.80 Å². The monoisotopic (exact) mass is 818 g/mol. The average molecular weight is 819 g/mol. The minimum Gasteiger partial charge on any atom is -0.274 e. The van der Waals surface area contributed by atoms with Crippen LogP contribution in [0, 0.1) is 11.8 Å². The second-order valence-electron chi connectivity index (χ2n) is 15.0. The Hall–Kier alpha value is -4.22. The van der Waals surface area contributed by atoms with E-state index in [1.807, 2.05) is 47.2 Å². The molecule has 0 spiro atoms. The van der Waals surface area contributed by atoms with Gasteiger partial charge in [0.05, 0.1) is 11.1 Å². The maximum Gasteiger partial charge on any atom is 0.262 e. The first-order valence-electron chi connectivity index (χ1n) is 20.0. The van der Waals surface area contributed by atoms with Crippen LogP contribution in [-0.4, -0.2) is 46.5 Å². The van der Waals surface area contributed by atoms with Crippen LogP contribution < -0.4 is 0 Å². The zero-order valence-electron chi connectivity index (χ0n) is 32.3. The van der Waals surface area contributed by atoms with Crippen LogP contribution in [0.2, 0.25) is 0 Å². The van der Waals surface area contributed by atoms with Gasteiger partial charge in [0.2, 0.25) is 0 Å². The van der Waals surface area contributed by atoms with Gasteiger partial charge in [-0.1, -0.05) is 78.4 Å². The van der Waals surface area contributed by atoms with E-state index in [9.17, 15) is 9.59 Å². The minimum atomic E-state index is -0.359. The van der Waals surface area contributed by atoms with Crippen LogP contribution in [0.5, 0.6) is 0 Å². The van der Waals surface area contributed by atoms with Crippen LogP contribution in [0.15, 0.2) is 71.4 Å². The van der Waals surface area contributed by atoms with Gasteiger partial charge in [-0.25, -0.2) is 0 Å². The lowest BCUT2D eigenvalue weighted by Gasteiger charge is -2.36. The van der Waals surface area contributed by atoms with E-state index in [0.717, 1.165) is 80.6 Å². The summed E-state index contributed by atoms with van der Waals surface area (Å²) in [7, 11) is 0. The van der Waals surface area contributed by atoms with Crippen molar-refractivity contribution in [2.45, 2.75) is 79.1 Å². The van der Waals surface area contributed by atoms with E-state index in [1.54, 1.807) is 45.3 Å². The molecule has 6 nitrogen and oxygen atoms in total. The second kappa shape index (κ2) is 16.3.